The zero-order valence-corrected chi connectivity index (χ0v) is 13.8. The Kier molecular flexibility index (Phi) is 6.70. The SMILES string of the molecule is CCCCOc1ccc(NC(=O)/C=C/c2ccccc2Cl)cc1. The van der Waals surface area contributed by atoms with Gasteiger partial charge in [-0.3, -0.25) is 4.79 Å². The van der Waals surface area contributed by atoms with Gasteiger partial charge in [0.1, 0.15) is 5.75 Å². The Hall–Kier alpha value is -2.26. The monoisotopic (exact) mass is 329 g/mol. The molecule has 0 atom stereocenters. The lowest BCUT2D eigenvalue weighted by Gasteiger charge is -2.07. The number of ether oxygens (including phenoxy) is 1. The number of hydrogen-bond donors (Lipinski definition) is 1. The molecule has 0 aliphatic carbocycles. The fourth-order valence-corrected chi connectivity index (χ4v) is 2.13. The summed E-state index contributed by atoms with van der Waals surface area (Å²) in [5.74, 6) is 0.604. The zero-order chi connectivity index (χ0) is 16.5. The molecule has 0 aromatic heterocycles. The predicted octanol–water partition coefficient (Wildman–Crippen LogP) is 5.17. The molecular formula is C19H20ClNO2. The Morgan fingerprint density at radius 3 is 2.61 bits per heavy atom. The normalized spacial score (nSPS) is 10.7. The molecule has 2 aromatic rings. The minimum atomic E-state index is -0.204. The van der Waals surface area contributed by atoms with Crippen LogP contribution in [-0.2, 0) is 4.79 Å². The molecule has 0 saturated carbocycles. The number of carbonyl (C=O) groups excluding carboxylic acids is 1. The highest BCUT2D eigenvalue weighted by molar-refractivity contribution is 6.32. The Balaban J connectivity index is 1.89. The molecule has 0 aliphatic rings. The summed E-state index contributed by atoms with van der Waals surface area (Å²) >= 11 is 6.04. The molecule has 0 heterocycles. The number of hydrogen-bond acceptors (Lipinski definition) is 2. The van der Waals surface area contributed by atoms with E-state index in [1.807, 2.05) is 42.5 Å². The van der Waals surface area contributed by atoms with Crippen LogP contribution in [0.4, 0.5) is 5.69 Å². The standard InChI is InChI=1S/C19H20ClNO2/c1-2-3-14-23-17-11-9-16(10-12-17)21-19(22)13-8-15-6-4-5-7-18(15)20/h4-13H,2-3,14H2,1H3,(H,21,22)/b13-8+. The molecule has 4 heteroatoms. The van der Waals surface area contributed by atoms with Crippen LogP contribution < -0.4 is 10.1 Å². The number of carbonyl (C=O) groups is 1. The quantitative estimate of drug-likeness (QED) is 0.562. The third-order valence-electron chi connectivity index (χ3n) is 3.21. The summed E-state index contributed by atoms with van der Waals surface area (Å²) in [5.41, 5.74) is 1.53. The van der Waals surface area contributed by atoms with Gasteiger partial charge in [0.2, 0.25) is 5.91 Å². The lowest BCUT2D eigenvalue weighted by atomic mass is 10.2. The number of rotatable bonds is 7. The number of amides is 1. The summed E-state index contributed by atoms with van der Waals surface area (Å²) in [4.78, 5) is 11.9. The molecule has 1 N–H and O–H groups in total. The highest BCUT2D eigenvalue weighted by Gasteiger charge is 2.00. The van der Waals surface area contributed by atoms with Gasteiger partial charge in [-0.25, -0.2) is 0 Å². The number of nitrogens with one attached hydrogen (secondary N) is 1. The van der Waals surface area contributed by atoms with Gasteiger partial charge in [0.25, 0.3) is 0 Å². The van der Waals surface area contributed by atoms with Crippen LogP contribution in [0.1, 0.15) is 25.3 Å². The van der Waals surface area contributed by atoms with Gasteiger partial charge in [-0.1, -0.05) is 43.1 Å². The fourth-order valence-electron chi connectivity index (χ4n) is 1.93. The molecule has 2 rings (SSSR count). The van der Waals surface area contributed by atoms with Crippen molar-refractivity contribution in [1.82, 2.24) is 0 Å². The van der Waals surface area contributed by atoms with E-state index in [-0.39, 0.29) is 5.91 Å². The van der Waals surface area contributed by atoms with E-state index >= 15 is 0 Å². The van der Waals surface area contributed by atoms with E-state index in [9.17, 15) is 4.79 Å². The van der Waals surface area contributed by atoms with Crippen LogP contribution in [0.2, 0.25) is 5.02 Å². The summed E-state index contributed by atoms with van der Waals surface area (Å²) in [5, 5.41) is 3.42. The van der Waals surface area contributed by atoms with Crippen molar-refractivity contribution in [2.24, 2.45) is 0 Å². The van der Waals surface area contributed by atoms with Gasteiger partial charge in [-0.05, 0) is 48.4 Å². The van der Waals surface area contributed by atoms with Crippen LogP contribution >= 0.6 is 11.6 Å². The van der Waals surface area contributed by atoms with Crippen molar-refractivity contribution < 1.29 is 9.53 Å². The van der Waals surface area contributed by atoms with Crippen LogP contribution in [0, 0.1) is 0 Å². The molecule has 0 bridgehead atoms. The minimum Gasteiger partial charge on any atom is -0.494 e. The van der Waals surface area contributed by atoms with Crippen molar-refractivity contribution in [3.05, 3.63) is 65.2 Å². The summed E-state index contributed by atoms with van der Waals surface area (Å²) in [6.45, 7) is 2.83. The third-order valence-corrected chi connectivity index (χ3v) is 3.55. The maximum absolute atomic E-state index is 11.9. The lowest BCUT2D eigenvalue weighted by Crippen LogP contribution is -2.07. The highest BCUT2D eigenvalue weighted by atomic mass is 35.5. The Bertz CT molecular complexity index is 665. The van der Waals surface area contributed by atoms with Gasteiger partial charge >= 0.3 is 0 Å². The first-order valence-corrected chi connectivity index (χ1v) is 8.03. The molecular weight excluding hydrogens is 310 g/mol. The average Bonchev–Trinajstić information content (AvgIpc) is 2.56. The molecule has 3 nitrogen and oxygen atoms in total. The summed E-state index contributed by atoms with van der Waals surface area (Å²) in [7, 11) is 0. The van der Waals surface area contributed by atoms with Gasteiger partial charge in [0.15, 0.2) is 0 Å². The van der Waals surface area contributed by atoms with E-state index in [2.05, 4.69) is 12.2 Å². The van der Waals surface area contributed by atoms with Crippen LogP contribution in [0.15, 0.2) is 54.6 Å². The van der Waals surface area contributed by atoms with Gasteiger partial charge in [-0.2, -0.15) is 0 Å². The number of anilines is 1. The van der Waals surface area contributed by atoms with E-state index in [0.717, 1.165) is 29.8 Å². The zero-order valence-electron chi connectivity index (χ0n) is 13.1. The topological polar surface area (TPSA) is 38.3 Å². The average molecular weight is 330 g/mol. The second-order valence-corrected chi connectivity index (χ2v) is 5.48. The molecule has 2 aromatic carbocycles. The van der Waals surface area contributed by atoms with Gasteiger partial charge in [0.05, 0.1) is 6.61 Å². The Labute approximate surface area is 141 Å². The van der Waals surface area contributed by atoms with E-state index in [4.69, 9.17) is 16.3 Å². The van der Waals surface area contributed by atoms with Crippen molar-refractivity contribution in [1.29, 1.82) is 0 Å². The van der Waals surface area contributed by atoms with E-state index in [0.29, 0.717) is 11.6 Å². The van der Waals surface area contributed by atoms with Crippen LogP contribution in [0.5, 0.6) is 5.75 Å². The number of halogens is 1. The second-order valence-electron chi connectivity index (χ2n) is 5.07. The van der Waals surface area contributed by atoms with Crippen molar-refractivity contribution in [2.45, 2.75) is 19.8 Å². The van der Waals surface area contributed by atoms with Gasteiger partial charge in [-0.15, -0.1) is 0 Å². The Morgan fingerprint density at radius 1 is 1.17 bits per heavy atom. The second kappa shape index (κ2) is 9.01. The molecule has 0 fully saturated rings. The van der Waals surface area contributed by atoms with Crippen LogP contribution in [0.3, 0.4) is 0 Å². The highest BCUT2D eigenvalue weighted by Crippen LogP contribution is 2.18. The molecule has 0 unspecified atom stereocenters. The van der Waals surface area contributed by atoms with Crippen molar-refractivity contribution >= 4 is 29.3 Å². The molecule has 0 saturated heterocycles. The van der Waals surface area contributed by atoms with E-state index in [1.165, 1.54) is 6.08 Å². The molecule has 1 amide bonds. The minimum absolute atomic E-state index is 0.204. The molecule has 0 spiro atoms. The predicted molar refractivity (Wildman–Crippen MR) is 96.0 cm³/mol. The van der Waals surface area contributed by atoms with Crippen molar-refractivity contribution in [3.63, 3.8) is 0 Å². The maximum atomic E-state index is 11.9. The van der Waals surface area contributed by atoms with Gasteiger partial charge in [0, 0.05) is 16.8 Å². The van der Waals surface area contributed by atoms with E-state index in [1.54, 1.807) is 12.1 Å². The number of benzene rings is 2. The third kappa shape index (κ3) is 5.80. The van der Waals surface area contributed by atoms with Crippen molar-refractivity contribution in [2.75, 3.05) is 11.9 Å². The molecule has 0 radical (unpaired) electrons. The first-order chi connectivity index (χ1) is 11.2. The first-order valence-electron chi connectivity index (χ1n) is 7.65. The van der Waals surface area contributed by atoms with Crippen LogP contribution in [-0.4, -0.2) is 12.5 Å². The summed E-state index contributed by atoms with van der Waals surface area (Å²) in [6, 6.07) is 14.7. The van der Waals surface area contributed by atoms with Crippen LogP contribution in [0.25, 0.3) is 6.08 Å². The number of unbranched alkanes of at least 4 members (excludes halogenated alkanes) is 1. The largest absolute Gasteiger partial charge is 0.494 e. The van der Waals surface area contributed by atoms with E-state index < -0.39 is 0 Å². The molecule has 0 aliphatic heterocycles. The molecule has 23 heavy (non-hydrogen) atoms. The lowest BCUT2D eigenvalue weighted by molar-refractivity contribution is -0.111. The summed E-state index contributed by atoms with van der Waals surface area (Å²) < 4.78 is 5.58. The van der Waals surface area contributed by atoms with Gasteiger partial charge < -0.3 is 10.1 Å². The first kappa shape index (κ1) is 17.1. The smallest absolute Gasteiger partial charge is 0.248 e. The fraction of sp³-hybridized carbons (Fsp3) is 0.211. The van der Waals surface area contributed by atoms with Crippen molar-refractivity contribution in [3.8, 4) is 5.75 Å². The molecule has 120 valence electrons. The Morgan fingerprint density at radius 2 is 1.91 bits per heavy atom. The maximum Gasteiger partial charge on any atom is 0.248 e. The summed E-state index contributed by atoms with van der Waals surface area (Å²) in [6.07, 6.45) is 5.30.